The molecule has 3 N–H and O–H groups in total. The van der Waals surface area contributed by atoms with E-state index in [1.165, 1.54) is 0 Å². The predicted molar refractivity (Wildman–Crippen MR) is 104 cm³/mol. The van der Waals surface area contributed by atoms with Gasteiger partial charge in [0.05, 0.1) is 19.2 Å². The molecule has 7 heteroatoms. The van der Waals surface area contributed by atoms with Crippen LogP contribution in [0.5, 0.6) is 5.75 Å². The molecule has 1 aliphatic carbocycles. The van der Waals surface area contributed by atoms with Crippen molar-refractivity contribution in [1.82, 2.24) is 15.5 Å². The molecule has 0 radical (unpaired) electrons. The highest BCUT2D eigenvalue weighted by molar-refractivity contribution is 5.75. The minimum Gasteiger partial charge on any atom is -0.494 e. The van der Waals surface area contributed by atoms with Crippen LogP contribution in [0.15, 0.2) is 24.3 Å². The van der Waals surface area contributed by atoms with Crippen molar-refractivity contribution in [3.63, 3.8) is 0 Å². The third-order valence-corrected chi connectivity index (χ3v) is 5.02. The Morgan fingerprint density at radius 2 is 1.96 bits per heavy atom. The van der Waals surface area contributed by atoms with E-state index in [1.54, 1.807) is 0 Å². The van der Waals surface area contributed by atoms with Crippen LogP contribution in [0.1, 0.15) is 51.6 Å². The van der Waals surface area contributed by atoms with Crippen LogP contribution in [0.2, 0.25) is 0 Å². The first-order valence-corrected chi connectivity index (χ1v) is 9.72. The minimum absolute atomic E-state index is 0.0478. The van der Waals surface area contributed by atoms with E-state index in [4.69, 9.17) is 9.84 Å². The van der Waals surface area contributed by atoms with Gasteiger partial charge in [-0.25, -0.2) is 4.79 Å². The molecule has 0 saturated heterocycles. The molecule has 1 atom stereocenters. The molecule has 1 aromatic carbocycles. The number of para-hydroxylation sites is 1. The zero-order valence-corrected chi connectivity index (χ0v) is 16.4. The van der Waals surface area contributed by atoms with Crippen LogP contribution in [0, 0.1) is 0 Å². The largest absolute Gasteiger partial charge is 0.494 e. The van der Waals surface area contributed by atoms with Crippen molar-refractivity contribution in [2.45, 2.75) is 58.2 Å². The van der Waals surface area contributed by atoms with Crippen molar-refractivity contribution >= 4 is 12.0 Å². The summed E-state index contributed by atoms with van der Waals surface area (Å²) < 4.78 is 5.67. The average molecular weight is 377 g/mol. The summed E-state index contributed by atoms with van der Waals surface area (Å²) in [5.74, 6) is -0.0205. The van der Waals surface area contributed by atoms with E-state index in [0.717, 1.165) is 30.6 Å². The number of hydrogen-bond donors (Lipinski definition) is 3. The Balaban J connectivity index is 1.86. The first-order valence-electron chi connectivity index (χ1n) is 9.72. The maximum absolute atomic E-state index is 12.4. The lowest BCUT2D eigenvalue weighted by atomic mass is 9.85. The van der Waals surface area contributed by atoms with Crippen molar-refractivity contribution in [1.29, 1.82) is 0 Å². The summed E-state index contributed by atoms with van der Waals surface area (Å²) in [7, 11) is 0. The van der Waals surface area contributed by atoms with Gasteiger partial charge in [0.15, 0.2) is 0 Å². The molecule has 27 heavy (non-hydrogen) atoms. The maximum Gasteiger partial charge on any atom is 0.317 e. The van der Waals surface area contributed by atoms with Gasteiger partial charge in [-0.15, -0.1) is 0 Å². The molecule has 0 aromatic heterocycles. The number of ether oxygens (including phenoxy) is 1. The number of nitrogens with zero attached hydrogens (tertiary/aromatic N) is 1. The normalized spacial score (nSPS) is 19.9. The monoisotopic (exact) mass is 377 g/mol. The average Bonchev–Trinajstić information content (AvgIpc) is 2.61. The van der Waals surface area contributed by atoms with Crippen molar-refractivity contribution in [2.24, 2.45) is 0 Å². The van der Waals surface area contributed by atoms with Gasteiger partial charge in [-0.3, -0.25) is 9.69 Å². The van der Waals surface area contributed by atoms with Crippen molar-refractivity contribution in [3.8, 4) is 5.75 Å². The second kappa shape index (κ2) is 10.2. The predicted octanol–water partition coefficient (Wildman–Crippen LogP) is 2.77. The van der Waals surface area contributed by atoms with Gasteiger partial charge in [0.1, 0.15) is 5.75 Å². The molecule has 1 fully saturated rings. The smallest absolute Gasteiger partial charge is 0.317 e. The van der Waals surface area contributed by atoms with Gasteiger partial charge in [0.2, 0.25) is 0 Å². The van der Waals surface area contributed by atoms with Gasteiger partial charge >= 0.3 is 12.0 Å². The van der Waals surface area contributed by atoms with Crippen molar-refractivity contribution in [2.75, 3.05) is 19.7 Å². The van der Waals surface area contributed by atoms with Crippen LogP contribution in [-0.2, 0) is 4.79 Å². The Bertz CT molecular complexity index is 631. The van der Waals surface area contributed by atoms with Gasteiger partial charge in [-0.1, -0.05) is 32.0 Å². The molecule has 0 bridgehead atoms. The van der Waals surface area contributed by atoms with Crippen molar-refractivity contribution in [3.05, 3.63) is 29.8 Å². The second-order valence-electron chi connectivity index (χ2n) is 6.83. The molecule has 1 saturated carbocycles. The molecule has 150 valence electrons. The molecule has 2 amide bonds. The van der Waals surface area contributed by atoms with Gasteiger partial charge in [0.25, 0.3) is 0 Å². The van der Waals surface area contributed by atoms with Crippen LogP contribution in [-0.4, -0.2) is 53.8 Å². The first-order chi connectivity index (χ1) is 13.0. The summed E-state index contributed by atoms with van der Waals surface area (Å²) >= 11 is 0. The number of likely N-dealkylation sites (N-methyl/N-ethyl adjacent to an activating group) is 1. The number of carbonyl (C=O) groups excluding carboxylic acids is 1. The lowest BCUT2D eigenvalue weighted by Gasteiger charge is -2.42. The summed E-state index contributed by atoms with van der Waals surface area (Å²) in [5.41, 5.74) is 0.974. The summed E-state index contributed by atoms with van der Waals surface area (Å²) in [5, 5.41) is 15.0. The van der Waals surface area contributed by atoms with E-state index in [9.17, 15) is 9.59 Å². The summed E-state index contributed by atoms with van der Waals surface area (Å²) in [4.78, 5) is 25.3. The lowest BCUT2D eigenvalue weighted by Crippen LogP contribution is -2.56. The summed E-state index contributed by atoms with van der Waals surface area (Å²) in [6, 6.07) is 7.74. The van der Waals surface area contributed by atoms with Crippen LogP contribution >= 0.6 is 0 Å². The van der Waals surface area contributed by atoms with Gasteiger partial charge < -0.3 is 20.5 Å². The Morgan fingerprint density at radius 1 is 1.26 bits per heavy atom. The van der Waals surface area contributed by atoms with Gasteiger partial charge in [0, 0.05) is 17.6 Å². The Morgan fingerprint density at radius 3 is 2.56 bits per heavy atom. The van der Waals surface area contributed by atoms with E-state index in [1.807, 2.05) is 49.9 Å². The zero-order valence-electron chi connectivity index (χ0n) is 16.4. The number of aliphatic carboxylic acids is 1. The Labute approximate surface area is 161 Å². The highest BCUT2D eigenvalue weighted by Gasteiger charge is 2.34. The number of rotatable bonds is 10. The van der Waals surface area contributed by atoms with Crippen molar-refractivity contribution < 1.29 is 19.4 Å². The topological polar surface area (TPSA) is 90.9 Å². The Kier molecular flexibility index (Phi) is 7.91. The van der Waals surface area contributed by atoms with Gasteiger partial charge in [-0.2, -0.15) is 0 Å². The molecule has 1 aliphatic rings. The molecule has 1 unspecified atom stereocenters. The van der Waals surface area contributed by atoms with E-state index in [-0.39, 0.29) is 30.7 Å². The van der Waals surface area contributed by atoms with Crippen LogP contribution in [0.4, 0.5) is 4.79 Å². The second-order valence-corrected chi connectivity index (χ2v) is 6.83. The van der Waals surface area contributed by atoms with E-state index >= 15 is 0 Å². The molecule has 7 nitrogen and oxygen atoms in total. The fourth-order valence-electron chi connectivity index (χ4n) is 3.52. The number of nitrogens with one attached hydrogen (secondary N) is 2. The SMILES string of the molecule is CCOc1ccccc1C(CC)NC(=O)NC1CC(N(CC)CC(=O)O)C1. The molecule has 0 aliphatic heterocycles. The highest BCUT2D eigenvalue weighted by Crippen LogP contribution is 2.28. The fraction of sp³-hybridized carbons (Fsp3) is 0.600. The summed E-state index contributed by atoms with van der Waals surface area (Å²) in [6.45, 7) is 7.24. The van der Waals surface area contributed by atoms with E-state index in [0.29, 0.717) is 13.2 Å². The highest BCUT2D eigenvalue weighted by atomic mass is 16.5. The molecule has 0 spiro atoms. The molecule has 2 rings (SSSR count). The molecular weight excluding hydrogens is 346 g/mol. The zero-order chi connectivity index (χ0) is 19.8. The number of carboxylic acids is 1. The number of hydrogen-bond acceptors (Lipinski definition) is 4. The molecular formula is C20H31N3O4. The van der Waals surface area contributed by atoms with Gasteiger partial charge in [-0.05, 0) is 38.8 Å². The first kappa shape index (κ1) is 21.0. The standard InChI is InChI=1S/C20H31N3O4/c1-4-17(16-9-7-8-10-18(16)27-6-3)22-20(26)21-14-11-15(12-14)23(5-2)13-19(24)25/h7-10,14-15,17H,4-6,11-13H2,1-3H3,(H,24,25)(H2,21,22,26). The number of carbonyl (C=O) groups is 2. The van der Waals surface area contributed by atoms with Crippen LogP contribution < -0.4 is 15.4 Å². The minimum atomic E-state index is -0.815. The lowest BCUT2D eigenvalue weighted by molar-refractivity contribution is -0.139. The third-order valence-electron chi connectivity index (χ3n) is 5.02. The maximum atomic E-state index is 12.4. The van der Waals surface area contributed by atoms with Crippen LogP contribution in [0.25, 0.3) is 0 Å². The Hall–Kier alpha value is -2.28. The number of benzene rings is 1. The molecule has 1 aromatic rings. The number of urea groups is 1. The quantitative estimate of drug-likeness (QED) is 0.583. The van der Waals surface area contributed by atoms with E-state index < -0.39 is 5.97 Å². The molecule has 0 heterocycles. The fourth-order valence-corrected chi connectivity index (χ4v) is 3.52. The number of carboxylic acid groups (broad SMARTS) is 1. The van der Waals surface area contributed by atoms with E-state index in [2.05, 4.69) is 10.6 Å². The number of amides is 2. The van der Waals surface area contributed by atoms with Crippen LogP contribution in [0.3, 0.4) is 0 Å². The summed E-state index contributed by atoms with van der Waals surface area (Å²) in [6.07, 6.45) is 2.31. The third kappa shape index (κ3) is 5.85.